The van der Waals surface area contributed by atoms with Crippen LogP contribution in [-0.2, 0) is 6.54 Å². The van der Waals surface area contributed by atoms with E-state index in [4.69, 9.17) is 16.3 Å². The number of nitrogens with one attached hydrogen (secondary N) is 1. The lowest BCUT2D eigenvalue weighted by Crippen LogP contribution is -2.07. The van der Waals surface area contributed by atoms with E-state index < -0.39 is 0 Å². The summed E-state index contributed by atoms with van der Waals surface area (Å²) in [4.78, 5) is 0. The Morgan fingerprint density at radius 1 is 1.57 bits per heavy atom. The number of rotatable bonds is 5. The molecule has 14 heavy (non-hydrogen) atoms. The first kappa shape index (κ1) is 11.1. The highest BCUT2D eigenvalue weighted by molar-refractivity contribution is 6.30. The zero-order valence-corrected chi connectivity index (χ0v) is 8.97. The van der Waals surface area contributed by atoms with E-state index in [-0.39, 0.29) is 0 Å². The fourth-order valence-electron chi connectivity index (χ4n) is 1.17. The van der Waals surface area contributed by atoms with E-state index in [0.29, 0.717) is 6.61 Å². The molecule has 0 aliphatic heterocycles. The third-order valence-electron chi connectivity index (χ3n) is 1.75. The zero-order chi connectivity index (χ0) is 10.4. The Labute approximate surface area is 89.5 Å². The minimum atomic E-state index is 0.512. The molecule has 0 fully saturated rings. The molecular formula is C11H14ClNO. The minimum Gasteiger partial charge on any atom is -0.489 e. The zero-order valence-electron chi connectivity index (χ0n) is 8.22. The van der Waals surface area contributed by atoms with E-state index >= 15 is 0 Å². The Kier molecular flexibility index (Phi) is 4.50. The Morgan fingerprint density at radius 2 is 2.36 bits per heavy atom. The monoisotopic (exact) mass is 211 g/mol. The maximum atomic E-state index is 5.88. The number of benzene rings is 1. The fourth-order valence-corrected chi connectivity index (χ4v) is 1.36. The molecule has 1 rings (SSSR count). The van der Waals surface area contributed by atoms with Crippen molar-refractivity contribution in [1.29, 1.82) is 0 Å². The number of halogens is 1. The lowest BCUT2D eigenvalue weighted by Gasteiger charge is -2.09. The standard InChI is InChI=1S/C11H14ClNO/c1-3-6-14-11-5-4-10(12)7-9(11)8-13-2/h3-5,7,13H,1,6,8H2,2H3. The normalized spacial score (nSPS) is 9.86. The van der Waals surface area contributed by atoms with Crippen LogP contribution in [0.1, 0.15) is 5.56 Å². The molecule has 0 atom stereocenters. The fraction of sp³-hybridized carbons (Fsp3) is 0.273. The molecular weight excluding hydrogens is 198 g/mol. The third kappa shape index (κ3) is 3.05. The van der Waals surface area contributed by atoms with E-state index in [1.807, 2.05) is 25.2 Å². The lowest BCUT2D eigenvalue weighted by molar-refractivity contribution is 0.358. The third-order valence-corrected chi connectivity index (χ3v) is 1.98. The molecule has 0 aliphatic carbocycles. The second-order valence-electron chi connectivity index (χ2n) is 2.88. The topological polar surface area (TPSA) is 21.3 Å². The molecule has 0 radical (unpaired) electrons. The summed E-state index contributed by atoms with van der Waals surface area (Å²) in [6, 6.07) is 5.59. The van der Waals surface area contributed by atoms with E-state index in [1.165, 1.54) is 0 Å². The highest BCUT2D eigenvalue weighted by Gasteiger charge is 2.02. The van der Waals surface area contributed by atoms with Crippen LogP contribution in [-0.4, -0.2) is 13.7 Å². The molecule has 2 nitrogen and oxygen atoms in total. The molecule has 0 bridgehead atoms. The van der Waals surface area contributed by atoms with E-state index in [9.17, 15) is 0 Å². The second kappa shape index (κ2) is 5.68. The van der Waals surface area contributed by atoms with Crippen LogP contribution < -0.4 is 10.1 Å². The Bertz CT molecular complexity index is 312. The molecule has 3 heteroatoms. The molecule has 1 aromatic rings. The molecule has 0 spiro atoms. The Morgan fingerprint density at radius 3 is 3.00 bits per heavy atom. The number of hydrogen-bond donors (Lipinski definition) is 1. The van der Waals surface area contributed by atoms with Gasteiger partial charge in [0, 0.05) is 17.1 Å². The van der Waals surface area contributed by atoms with Gasteiger partial charge < -0.3 is 10.1 Å². The van der Waals surface area contributed by atoms with Gasteiger partial charge in [-0.3, -0.25) is 0 Å². The highest BCUT2D eigenvalue weighted by atomic mass is 35.5. The molecule has 0 saturated carbocycles. The lowest BCUT2D eigenvalue weighted by atomic mass is 10.2. The van der Waals surface area contributed by atoms with Crippen molar-refractivity contribution in [1.82, 2.24) is 5.32 Å². The van der Waals surface area contributed by atoms with Gasteiger partial charge in [-0.2, -0.15) is 0 Å². The van der Waals surface area contributed by atoms with Gasteiger partial charge in [-0.25, -0.2) is 0 Å². The summed E-state index contributed by atoms with van der Waals surface area (Å²) in [5.41, 5.74) is 1.06. The van der Waals surface area contributed by atoms with Gasteiger partial charge in [-0.1, -0.05) is 24.3 Å². The summed E-state index contributed by atoms with van der Waals surface area (Å²) in [5, 5.41) is 3.79. The molecule has 0 heterocycles. The molecule has 0 aliphatic rings. The maximum absolute atomic E-state index is 5.88. The van der Waals surface area contributed by atoms with E-state index in [2.05, 4.69) is 11.9 Å². The van der Waals surface area contributed by atoms with Crippen molar-refractivity contribution < 1.29 is 4.74 Å². The Hall–Kier alpha value is -0.990. The molecule has 0 saturated heterocycles. The molecule has 0 amide bonds. The second-order valence-corrected chi connectivity index (χ2v) is 3.32. The van der Waals surface area contributed by atoms with Gasteiger partial charge in [-0.05, 0) is 25.2 Å². The van der Waals surface area contributed by atoms with Crippen LogP contribution in [0.3, 0.4) is 0 Å². The van der Waals surface area contributed by atoms with Crippen LogP contribution in [0, 0.1) is 0 Å². The van der Waals surface area contributed by atoms with Crippen molar-refractivity contribution >= 4 is 11.6 Å². The Balaban J connectivity index is 2.83. The molecule has 0 aromatic heterocycles. The predicted octanol–water partition coefficient (Wildman–Crippen LogP) is 2.62. The van der Waals surface area contributed by atoms with Crippen LogP contribution in [0.5, 0.6) is 5.75 Å². The van der Waals surface area contributed by atoms with Crippen LogP contribution in [0.4, 0.5) is 0 Å². The van der Waals surface area contributed by atoms with Crippen LogP contribution >= 0.6 is 11.6 Å². The van der Waals surface area contributed by atoms with Gasteiger partial charge in [0.25, 0.3) is 0 Å². The predicted molar refractivity (Wildman–Crippen MR) is 59.9 cm³/mol. The number of hydrogen-bond acceptors (Lipinski definition) is 2. The van der Waals surface area contributed by atoms with Crippen molar-refractivity contribution in [2.24, 2.45) is 0 Å². The van der Waals surface area contributed by atoms with Gasteiger partial charge in [0.1, 0.15) is 12.4 Å². The van der Waals surface area contributed by atoms with Gasteiger partial charge in [0.15, 0.2) is 0 Å². The largest absolute Gasteiger partial charge is 0.489 e. The van der Waals surface area contributed by atoms with Gasteiger partial charge in [0.05, 0.1) is 0 Å². The SMILES string of the molecule is C=CCOc1ccc(Cl)cc1CNC. The van der Waals surface area contributed by atoms with E-state index in [0.717, 1.165) is 22.9 Å². The van der Waals surface area contributed by atoms with Gasteiger partial charge in [0.2, 0.25) is 0 Å². The van der Waals surface area contributed by atoms with Crippen molar-refractivity contribution in [2.45, 2.75) is 6.54 Å². The molecule has 1 aromatic carbocycles. The average Bonchev–Trinajstić information content (AvgIpc) is 2.17. The minimum absolute atomic E-state index is 0.512. The van der Waals surface area contributed by atoms with Crippen molar-refractivity contribution in [3.63, 3.8) is 0 Å². The van der Waals surface area contributed by atoms with Gasteiger partial charge in [-0.15, -0.1) is 0 Å². The van der Waals surface area contributed by atoms with Gasteiger partial charge >= 0.3 is 0 Å². The number of ether oxygens (including phenoxy) is 1. The van der Waals surface area contributed by atoms with Crippen molar-refractivity contribution in [3.05, 3.63) is 41.4 Å². The van der Waals surface area contributed by atoms with Crippen molar-refractivity contribution in [2.75, 3.05) is 13.7 Å². The van der Waals surface area contributed by atoms with Crippen LogP contribution in [0.25, 0.3) is 0 Å². The first-order chi connectivity index (χ1) is 6.77. The maximum Gasteiger partial charge on any atom is 0.124 e. The summed E-state index contributed by atoms with van der Waals surface area (Å²) in [6.45, 7) is 4.86. The van der Waals surface area contributed by atoms with Crippen molar-refractivity contribution in [3.8, 4) is 5.75 Å². The summed E-state index contributed by atoms with van der Waals surface area (Å²) < 4.78 is 5.48. The summed E-state index contributed by atoms with van der Waals surface area (Å²) in [5.74, 6) is 0.851. The quantitative estimate of drug-likeness (QED) is 0.757. The highest BCUT2D eigenvalue weighted by Crippen LogP contribution is 2.22. The summed E-state index contributed by atoms with van der Waals surface area (Å²) in [6.07, 6.45) is 1.72. The molecule has 0 unspecified atom stereocenters. The summed E-state index contributed by atoms with van der Waals surface area (Å²) in [7, 11) is 1.89. The van der Waals surface area contributed by atoms with Crippen LogP contribution in [0.2, 0.25) is 5.02 Å². The van der Waals surface area contributed by atoms with Crippen LogP contribution in [0.15, 0.2) is 30.9 Å². The first-order valence-electron chi connectivity index (χ1n) is 4.44. The molecule has 76 valence electrons. The molecule has 1 N–H and O–H groups in total. The van der Waals surface area contributed by atoms with E-state index in [1.54, 1.807) is 6.08 Å². The smallest absolute Gasteiger partial charge is 0.124 e. The average molecular weight is 212 g/mol. The first-order valence-corrected chi connectivity index (χ1v) is 4.82. The summed E-state index contributed by atoms with van der Waals surface area (Å²) >= 11 is 5.88.